The number of hydrogen-bond acceptors (Lipinski definition) is 9. The van der Waals surface area contributed by atoms with E-state index in [0.717, 1.165) is 57.8 Å². The number of phosphoric acid groups is 1. The fourth-order valence-electron chi connectivity index (χ4n) is 6.86. The van der Waals surface area contributed by atoms with Gasteiger partial charge in [0.15, 0.2) is 6.10 Å². The Morgan fingerprint density at radius 1 is 0.517 bits per heavy atom. The lowest BCUT2D eigenvalue weighted by Crippen LogP contribution is -2.34. The number of carboxylic acid groups (broad SMARTS) is 1. The summed E-state index contributed by atoms with van der Waals surface area (Å²) in [6.07, 6.45) is 46.6. The number of allylic oxidation sites excluding steroid dienone is 4. The van der Waals surface area contributed by atoms with Crippen LogP contribution in [0.25, 0.3) is 0 Å². The van der Waals surface area contributed by atoms with Gasteiger partial charge in [0.2, 0.25) is 0 Å². The summed E-state index contributed by atoms with van der Waals surface area (Å²) < 4.78 is 32.8. The molecule has 4 N–H and O–H groups in total. The largest absolute Gasteiger partial charge is 0.480 e. The molecule has 0 heterocycles. The highest BCUT2D eigenvalue weighted by atomic mass is 31.2. The maximum absolute atomic E-state index is 12.7. The van der Waals surface area contributed by atoms with E-state index in [0.29, 0.717) is 12.8 Å². The minimum atomic E-state index is -4.72. The van der Waals surface area contributed by atoms with Crippen LogP contribution >= 0.6 is 7.82 Å². The lowest BCUT2D eigenvalue weighted by atomic mass is 10.0. The lowest BCUT2D eigenvalue weighted by molar-refractivity contribution is -0.161. The van der Waals surface area contributed by atoms with E-state index in [1.165, 1.54) is 135 Å². The molecule has 0 bridgehead atoms. The first-order valence-corrected chi connectivity index (χ1v) is 25.9. The van der Waals surface area contributed by atoms with Crippen molar-refractivity contribution in [1.82, 2.24) is 0 Å². The Morgan fingerprint density at radius 2 is 0.883 bits per heavy atom. The maximum atomic E-state index is 12.7. The molecule has 60 heavy (non-hydrogen) atoms. The third kappa shape index (κ3) is 42.6. The molecule has 0 aromatic rings. The fraction of sp³-hybridized carbons (Fsp3) is 0.854. The van der Waals surface area contributed by atoms with Crippen molar-refractivity contribution in [3.63, 3.8) is 0 Å². The molecule has 11 nitrogen and oxygen atoms in total. The molecule has 0 aromatic carbocycles. The van der Waals surface area contributed by atoms with Crippen LogP contribution in [-0.2, 0) is 37.5 Å². The number of phosphoric ester groups is 1. The van der Waals surface area contributed by atoms with E-state index in [4.69, 9.17) is 24.8 Å². The van der Waals surface area contributed by atoms with E-state index in [9.17, 15) is 23.8 Å². The van der Waals surface area contributed by atoms with Crippen LogP contribution in [0, 0.1) is 0 Å². The summed E-state index contributed by atoms with van der Waals surface area (Å²) in [5, 5.41) is 8.91. The molecule has 0 rings (SSSR count). The minimum absolute atomic E-state index is 0.155. The molecule has 1 unspecified atom stereocenters. The number of hydrogen-bond donors (Lipinski definition) is 3. The van der Waals surface area contributed by atoms with Crippen LogP contribution in [0.15, 0.2) is 24.3 Å². The molecular formula is C48H90NO10P. The Balaban J connectivity index is 4.26. The Labute approximate surface area is 366 Å². The Kier molecular flexibility index (Phi) is 42.1. The molecule has 0 spiro atoms. The standard InChI is InChI=1S/C48H90NO10P/c1-3-5-7-9-11-13-15-17-19-21-22-24-25-27-29-31-33-35-37-39-46(50)56-41-44(42-57-60(54,55)58-43-45(49)48(52)53)59-47(51)40-38-36-34-32-30-28-26-23-20-18-16-14-12-10-8-6-4-2/h12,14,18,20,44-45H,3-11,13,15-17,19,21-43,49H2,1-2H3,(H,52,53)(H,54,55)/b14-12+,20-18+/t44-,45+/m1/s1. The molecule has 0 aliphatic rings. The first-order chi connectivity index (χ1) is 29.1. The van der Waals surface area contributed by atoms with Crippen molar-refractivity contribution in [1.29, 1.82) is 0 Å². The third-order valence-electron chi connectivity index (χ3n) is 10.7. The lowest BCUT2D eigenvalue weighted by Gasteiger charge is -2.20. The van der Waals surface area contributed by atoms with E-state index >= 15 is 0 Å². The smallest absolute Gasteiger partial charge is 0.472 e. The van der Waals surface area contributed by atoms with Gasteiger partial charge in [-0.2, -0.15) is 0 Å². The van der Waals surface area contributed by atoms with Gasteiger partial charge in [0.1, 0.15) is 12.6 Å². The summed E-state index contributed by atoms with van der Waals surface area (Å²) in [6.45, 7) is 2.81. The van der Waals surface area contributed by atoms with Gasteiger partial charge in [0.25, 0.3) is 0 Å². The van der Waals surface area contributed by atoms with Crippen molar-refractivity contribution in [2.75, 3.05) is 19.8 Å². The average Bonchev–Trinajstić information content (AvgIpc) is 3.22. The molecule has 352 valence electrons. The van der Waals surface area contributed by atoms with Crippen LogP contribution in [-0.4, -0.2) is 59.9 Å². The van der Waals surface area contributed by atoms with E-state index in [1.54, 1.807) is 0 Å². The van der Waals surface area contributed by atoms with Gasteiger partial charge in [0.05, 0.1) is 13.2 Å². The Morgan fingerprint density at radius 3 is 1.33 bits per heavy atom. The second kappa shape index (κ2) is 43.6. The predicted molar refractivity (Wildman–Crippen MR) is 245 cm³/mol. The number of esters is 2. The zero-order valence-corrected chi connectivity index (χ0v) is 39.2. The summed E-state index contributed by atoms with van der Waals surface area (Å²) in [4.78, 5) is 46.1. The third-order valence-corrected chi connectivity index (χ3v) is 11.7. The number of unbranched alkanes of at least 4 members (excludes halogenated alkanes) is 28. The van der Waals surface area contributed by atoms with E-state index in [2.05, 4.69) is 42.7 Å². The van der Waals surface area contributed by atoms with Crippen LogP contribution < -0.4 is 5.73 Å². The van der Waals surface area contributed by atoms with E-state index in [1.807, 2.05) is 0 Å². The van der Waals surface area contributed by atoms with Crippen molar-refractivity contribution in [3.05, 3.63) is 24.3 Å². The second-order valence-electron chi connectivity index (χ2n) is 16.6. The molecule has 0 aliphatic carbocycles. The summed E-state index contributed by atoms with van der Waals surface area (Å²) in [5.41, 5.74) is 5.35. The van der Waals surface area contributed by atoms with Gasteiger partial charge in [-0.05, 0) is 44.9 Å². The predicted octanol–water partition coefficient (Wildman–Crippen LogP) is 13.4. The zero-order chi connectivity index (χ0) is 44.2. The quantitative estimate of drug-likeness (QED) is 0.0230. The number of carboxylic acids is 1. The van der Waals surface area contributed by atoms with Gasteiger partial charge in [-0.25, -0.2) is 4.57 Å². The van der Waals surface area contributed by atoms with Gasteiger partial charge in [0, 0.05) is 12.8 Å². The van der Waals surface area contributed by atoms with Gasteiger partial charge in [-0.15, -0.1) is 0 Å². The molecule has 0 aromatic heterocycles. The van der Waals surface area contributed by atoms with Crippen LogP contribution in [0.5, 0.6) is 0 Å². The number of carbonyl (C=O) groups excluding carboxylic acids is 2. The second-order valence-corrected chi connectivity index (χ2v) is 18.1. The van der Waals surface area contributed by atoms with Crippen molar-refractivity contribution < 1.29 is 47.5 Å². The summed E-state index contributed by atoms with van der Waals surface area (Å²) in [7, 11) is -4.72. The van der Waals surface area contributed by atoms with Gasteiger partial charge < -0.3 is 25.2 Å². The summed E-state index contributed by atoms with van der Waals surface area (Å²) in [5.74, 6) is -2.37. The van der Waals surface area contributed by atoms with Crippen molar-refractivity contribution >= 4 is 25.7 Å². The molecule has 0 aliphatic heterocycles. The Hall–Kier alpha value is -2.04. The normalized spacial score (nSPS) is 13.8. The molecule has 0 amide bonds. The Bertz CT molecular complexity index is 1120. The SMILES string of the molecule is CCCCC/C=C/C/C=C/CCCCCCCCCC(=O)O[C@H](COC(=O)CCCCCCCCCCCCCCCCCCCCC)COP(=O)(O)OC[C@H](N)C(=O)O. The van der Waals surface area contributed by atoms with Crippen LogP contribution in [0.2, 0.25) is 0 Å². The number of rotatable bonds is 46. The van der Waals surface area contributed by atoms with E-state index in [-0.39, 0.29) is 19.4 Å². The highest BCUT2D eigenvalue weighted by molar-refractivity contribution is 7.47. The van der Waals surface area contributed by atoms with Gasteiger partial charge in [-0.1, -0.05) is 199 Å². The minimum Gasteiger partial charge on any atom is -0.480 e. The first-order valence-electron chi connectivity index (χ1n) is 24.4. The molecule has 0 saturated carbocycles. The topological polar surface area (TPSA) is 172 Å². The number of ether oxygens (including phenoxy) is 2. The van der Waals surface area contributed by atoms with Crippen molar-refractivity contribution in [2.45, 2.75) is 244 Å². The van der Waals surface area contributed by atoms with E-state index < -0.39 is 51.1 Å². The van der Waals surface area contributed by atoms with Gasteiger partial charge in [-0.3, -0.25) is 23.4 Å². The molecule has 0 fully saturated rings. The molecule has 0 radical (unpaired) electrons. The summed E-state index contributed by atoms with van der Waals surface area (Å²) in [6, 6.07) is -1.52. The fourth-order valence-corrected chi connectivity index (χ4v) is 7.64. The molecule has 12 heteroatoms. The maximum Gasteiger partial charge on any atom is 0.472 e. The zero-order valence-electron chi connectivity index (χ0n) is 38.3. The average molecular weight is 872 g/mol. The van der Waals surface area contributed by atoms with Crippen molar-refractivity contribution in [3.8, 4) is 0 Å². The van der Waals surface area contributed by atoms with Gasteiger partial charge >= 0.3 is 25.7 Å². The molecule has 0 saturated heterocycles. The highest BCUT2D eigenvalue weighted by Crippen LogP contribution is 2.43. The highest BCUT2D eigenvalue weighted by Gasteiger charge is 2.28. The number of nitrogens with two attached hydrogens (primary N) is 1. The first kappa shape index (κ1) is 58.0. The number of aliphatic carboxylic acids is 1. The number of carbonyl (C=O) groups is 3. The van der Waals surface area contributed by atoms with Crippen LogP contribution in [0.4, 0.5) is 0 Å². The molecular weight excluding hydrogens is 781 g/mol. The van der Waals surface area contributed by atoms with Crippen molar-refractivity contribution in [2.24, 2.45) is 5.73 Å². The van der Waals surface area contributed by atoms with Crippen LogP contribution in [0.1, 0.15) is 232 Å². The van der Waals surface area contributed by atoms with Crippen LogP contribution in [0.3, 0.4) is 0 Å². The molecule has 3 atom stereocenters. The summed E-state index contributed by atoms with van der Waals surface area (Å²) >= 11 is 0. The monoisotopic (exact) mass is 872 g/mol.